The largest absolute Gasteiger partial charge is 0.444 e. The SMILES string of the molecule is CC1CN(C(=O)OC(C)(C)C)CCC1=O.CC1CN(Cc2ccccc2)CCC1=O. The van der Waals surface area contributed by atoms with Crippen LogP contribution in [-0.4, -0.2) is 59.2 Å². The lowest BCUT2D eigenvalue weighted by Crippen LogP contribution is -2.45. The number of piperidine rings is 2. The van der Waals surface area contributed by atoms with Crippen LogP contribution in [0.2, 0.25) is 0 Å². The average Bonchev–Trinajstić information content (AvgIpc) is 2.67. The Labute approximate surface area is 180 Å². The molecule has 30 heavy (non-hydrogen) atoms. The Morgan fingerprint density at radius 1 is 0.967 bits per heavy atom. The van der Waals surface area contributed by atoms with Gasteiger partial charge in [-0.1, -0.05) is 44.2 Å². The summed E-state index contributed by atoms with van der Waals surface area (Å²) in [4.78, 5) is 38.3. The lowest BCUT2D eigenvalue weighted by molar-refractivity contribution is -0.126. The summed E-state index contributed by atoms with van der Waals surface area (Å²) in [5.74, 6) is 0.794. The van der Waals surface area contributed by atoms with E-state index in [1.807, 2.05) is 40.7 Å². The third-order valence-corrected chi connectivity index (χ3v) is 5.33. The number of likely N-dealkylation sites (tertiary alicyclic amines) is 2. The lowest BCUT2D eigenvalue weighted by Gasteiger charge is -2.32. The molecule has 0 aromatic heterocycles. The van der Waals surface area contributed by atoms with Crippen molar-refractivity contribution in [3.05, 3.63) is 35.9 Å². The first-order valence-electron chi connectivity index (χ1n) is 10.8. The van der Waals surface area contributed by atoms with Crippen molar-refractivity contribution in [3.63, 3.8) is 0 Å². The first-order valence-corrected chi connectivity index (χ1v) is 10.8. The standard InChI is InChI=1S/C13H17NO.C11H19NO3/c1-11-9-14(8-7-13(11)15)10-12-5-3-2-4-6-12;1-8-7-12(6-5-9(8)13)10(14)15-11(2,3)4/h2-6,11H,7-10H2,1H3;8H,5-7H2,1-4H3. The predicted molar refractivity (Wildman–Crippen MR) is 117 cm³/mol. The summed E-state index contributed by atoms with van der Waals surface area (Å²) in [6.45, 7) is 13.1. The molecule has 0 saturated carbocycles. The highest BCUT2D eigenvalue weighted by Gasteiger charge is 2.29. The fourth-order valence-electron chi connectivity index (χ4n) is 3.59. The number of hydrogen-bond acceptors (Lipinski definition) is 5. The van der Waals surface area contributed by atoms with Crippen LogP contribution in [-0.2, 0) is 20.9 Å². The van der Waals surface area contributed by atoms with Gasteiger partial charge in [0, 0.05) is 57.4 Å². The number of rotatable bonds is 2. The van der Waals surface area contributed by atoms with E-state index in [4.69, 9.17) is 4.74 Å². The van der Waals surface area contributed by atoms with E-state index in [0.29, 0.717) is 31.7 Å². The second kappa shape index (κ2) is 10.7. The summed E-state index contributed by atoms with van der Waals surface area (Å²) in [6, 6.07) is 10.4. The minimum Gasteiger partial charge on any atom is -0.444 e. The number of amides is 1. The molecule has 2 aliphatic heterocycles. The summed E-state index contributed by atoms with van der Waals surface area (Å²) >= 11 is 0. The van der Waals surface area contributed by atoms with Crippen molar-refractivity contribution in [2.45, 2.75) is 59.6 Å². The highest BCUT2D eigenvalue weighted by molar-refractivity contribution is 5.83. The third-order valence-electron chi connectivity index (χ3n) is 5.33. The molecule has 3 rings (SSSR count). The van der Waals surface area contributed by atoms with Crippen LogP contribution in [0.5, 0.6) is 0 Å². The molecule has 6 heteroatoms. The zero-order valence-corrected chi connectivity index (χ0v) is 19.0. The number of hydrogen-bond donors (Lipinski definition) is 0. The lowest BCUT2D eigenvalue weighted by atomic mass is 9.98. The maximum absolute atomic E-state index is 11.7. The second-order valence-corrected chi connectivity index (χ2v) is 9.38. The van der Waals surface area contributed by atoms with Crippen molar-refractivity contribution in [2.24, 2.45) is 11.8 Å². The molecule has 2 fully saturated rings. The van der Waals surface area contributed by atoms with Gasteiger partial charge in [-0.15, -0.1) is 0 Å². The van der Waals surface area contributed by atoms with Crippen LogP contribution in [0.3, 0.4) is 0 Å². The van der Waals surface area contributed by atoms with Crippen LogP contribution in [0.1, 0.15) is 53.0 Å². The molecule has 2 saturated heterocycles. The molecule has 166 valence electrons. The fourth-order valence-corrected chi connectivity index (χ4v) is 3.59. The zero-order chi connectivity index (χ0) is 22.3. The van der Waals surface area contributed by atoms with Gasteiger partial charge in [-0.05, 0) is 26.3 Å². The smallest absolute Gasteiger partial charge is 0.410 e. The van der Waals surface area contributed by atoms with Crippen molar-refractivity contribution in [1.29, 1.82) is 0 Å². The number of ether oxygens (including phenoxy) is 1. The van der Waals surface area contributed by atoms with Crippen molar-refractivity contribution in [2.75, 3.05) is 26.2 Å². The Bertz CT molecular complexity index is 726. The van der Waals surface area contributed by atoms with Gasteiger partial charge in [0.1, 0.15) is 17.2 Å². The van der Waals surface area contributed by atoms with E-state index in [0.717, 1.165) is 19.6 Å². The minimum atomic E-state index is -0.470. The third kappa shape index (κ3) is 7.90. The van der Waals surface area contributed by atoms with Crippen LogP contribution in [0, 0.1) is 11.8 Å². The van der Waals surface area contributed by atoms with E-state index in [-0.39, 0.29) is 23.7 Å². The Hall–Kier alpha value is -2.21. The van der Waals surface area contributed by atoms with E-state index >= 15 is 0 Å². The number of carbonyl (C=O) groups is 3. The van der Waals surface area contributed by atoms with E-state index in [2.05, 4.69) is 29.2 Å². The fraction of sp³-hybridized carbons (Fsp3) is 0.625. The summed E-state index contributed by atoms with van der Waals surface area (Å²) in [5, 5.41) is 0. The number of ketones is 2. The van der Waals surface area contributed by atoms with Gasteiger partial charge in [0.25, 0.3) is 0 Å². The molecule has 2 unspecified atom stereocenters. The molecule has 2 atom stereocenters. The average molecular weight is 417 g/mol. The zero-order valence-electron chi connectivity index (χ0n) is 19.0. The van der Waals surface area contributed by atoms with Gasteiger partial charge in [-0.2, -0.15) is 0 Å². The van der Waals surface area contributed by atoms with Crippen LogP contribution in [0.4, 0.5) is 4.79 Å². The summed E-state index contributed by atoms with van der Waals surface area (Å²) in [5.41, 5.74) is 0.862. The van der Waals surface area contributed by atoms with Crippen LogP contribution >= 0.6 is 0 Å². The highest BCUT2D eigenvalue weighted by Crippen LogP contribution is 2.17. The molecule has 0 spiro atoms. The molecule has 2 aliphatic rings. The molecular weight excluding hydrogens is 380 g/mol. The minimum absolute atomic E-state index is 0.0636. The number of carbonyl (C=O) groups excluding carboxylic acids is 3. The summed E-state index contributed by atoms with van der Waals surface area (Å²) in [7, 11) is 0. The Morgan fingerprint density at radius 3 is 2.07 bits per heavy atom. The van der Waals surface area contributed by atoms with Gasteiger partial charge in [-0.3, -0.25) is 14.5 Å². The molecule has 2 heterocycles. The van der Waals surface area contributed by atoms with Gasteiger partial charge in [-0.25, -0.2) is 4.79 Å². The molecule has 0 aliphatic carbocycles. The first kappa shape index (κ1) is 24.1. The first-order chi connectivity index (χ1) is 14.0. The molecule has 6 nitrogen and oxygen atoms in total. The van der Waals surface area contributed by atoms with Crippen LogP contribution < -0.4 is 0 Å². The van der Waals surface area contributed by atoms with Crippen molar-refractivity contribution in [3.8, 4) is 0 Å². The van der Waals surface area contributed by atoms with Crippen LogP contribution in [0.25, 0.3) is 0 Å². The maximum Gasteiger partial charge on any atom is 0.410 e. The topological polar surface area (TPSA) is 66.9 Å². The van der Waals surface area contributed by atoms with Gasteiger partial charge < -0.3 is 9.64 Å². The number of benzene rings is 1. The number of nitrogens with zero attached hydrogens (tertiary/aromatic N) is 2. The normalized spacial score (nSPS) is 22.9. The number of Topliss-reactive ketones (excluding diaryl/α,β-unsaturated/α-hetero) is 2. The maximum atomic E-state index is 11.7. The molecular formula is C24H36N2O4. The van der Waals surface area contributed by atoms with E-state index < -0.39 is 5.60 Å². The van der Waals surface area contributed by atoms with Crippen molar-refractivity contribution in [1.82, 2.24) is 9.80 Å². The monoisotopic (exact) mass is 416 g/mol. The van der Waals surface area contributed by atoms with Gasteiger partial charge >= 0.3 is 6.09 Å². The van der Waals surface area contributed by atoms with Gasteiger partial charge in [0.15, 0.2) is 0 Å². The Kier molecular flexibility index (Phi) is 8.59. The quantitative estimate of drug-likeness (QED) is 0.731. The summed E-state index contributed by atoms with van der Waals surface area (Å²) < 4.78 is 5.24. The van der Waals surface area contributed by atoms with Crippen molar-refractivity contribution >= 4 is 17.7 Å². The molecule has 0 radical (unpaired) electrons. The van der Waals surface area contributed by atoms with E-state index in [9.17, 15) is 14.4 Å². The van der Waals surface area contributed by atoms with Crippen LogP contribution in [0.15, 0.2) is 30.3 Å². The predicted octanol–water partition coefficient (Wildman–Crippen LogP) is 3.93. The second-order valence-electron chi connectivity index (χ2n) is 9.38. The molecule has 0 bridgehead atoms. The summed E-state index contributed by atoms with van der Waals surface area (Å²) in [6.07, 6.45) is 0.843. The van der Waals surface area contributed by atoms with Crippen molar-refractivity contribution < 1.29 is 19.1 Å². The van der Waals surface area contributed by atoms with Gasteiger partial charge in [0.05, 0.1) is 0 Å². The van der Waals surface area contributed by atoms with E-state index in [1.165, 1.54) is 5.56 Å². The van der Waals surface area contributed by atoms with Gasteiger partial charge in [0.2, 0.25) is 0 Å². The molecule has 1 aromatic rings. The highest BCUT2D eigenvalue weighted by atomic mass is 16.6. The molecule has 1 aromatic carbocycles. The Balaban J connectivity index is 0.000000214. The molecule has 1 amide bonds. The molecule has 0 N–H and O–H groups in total. The Morgan fingerprint density at radius 2 is 1.53 bits per heavy atom. The van der Waals surface area contributed by atoms with E-state index in [1.54, 1.807) is 4.90 Å².